The van der Waals surface area contributed by atoms with Gasteiger partial charge in [-0.3, -0.25) is 4.79 Å². The normalized spacial score (nSPS) is 16.8. The molecule has 1 N–H and O–H groups in total. The highest BCUT2D eigenvalue weighted by Gasteiger charge is 2.28. The van der Waals surface area contributed by atoms with E-state index in [9.17, 15) is 9.59 Å². The van der Waals surface area contributed by atoms with Gasteiger partial charge < -0.3 is 20.0 Å². The van der Waals surface area contributed by atoms with Crippen LogP contribution in [0.3, 0.4) is 0 Å². The molecule has 28 heavy (non-hydrogen) atoms. The van der Waals surface area contributed by atoms with Crippen LogP contribution in [0.4, 0.5) is 10.6 Å². The summed E-state index contributed by atoms with van der Waals surface area (Å²) in [6.45, 7) is 11.8. The van der Waals surface area contributed by atoms with E-state index >= 15 is 0 Å². The maximum atomic E-state index is 12.2. The van der Waals surface area contributed by atoms with Gasteiger partial charge in [0, 0.05) is 51.4 Å². The highest BCUT2D eigenvalue weighted by molar-refractivity contribution is 7.99. The third kappa shape index (κ3) is 5.88. The van der Waals surface area contributed by atoms with Crippen LogP contribution in [0, 0.1) is 0 Å². The number of carbonyl (C=O) groups is 2. The predicted molar refractivity (Wildman–Crippen MR) is 113 cm³/mol. The zero-order valence-corrected chi connectivity index (χ0v) is 18.5. The lowest BCUT2D eigenvalue weighted by molar-refractivity contribution is -0.127. The van der Waals surface area contributed by atoms with Crippen LogP contribution in [0.15, 0.2) is 11.2 Å². The van der Waals surface area contributed by atoms with Gasteiger partial charge in [-0.2, -0.15) is 0 Å². The lowest BCUT2D eigenvalue weighted by atomic mass is 10.2. The zero-order valence-electron chi connectivity index (χ0n) is 16.9. The standard InChI is InChI=1S/C18H29ClN6O2S/c1-5-20-18(27)25-9-8-24(11-13(25)4)15-10-14(19)21-17(22-15)28-12-16(26)23(6-2)7-3/h10,13H,5-9,11-12H2,1-4H3,(H,20,27). The Kier molecular flexibility index (Phi) is 8.62. The molecule has 1 aromatic heterocycles. The second-order valence-electron chi connectivity index (χ2n) is 6.51. The molecule has 1 atom stereocenters. The first-order chi connectivity index (χ1) is 13.4. The van der Waals surface area contributed by atoms with E-state index in [0.717, 1.165) is 5.82 Å². The molecule has 1 aliphatic rings. The Morgan fingerprint density at radius 3 is 2.61 bits per heavy atom. The summed E-state index contributed by atoms with van der Waals surface area (Å²) in [5, 5.41) is 3.68. The molecule has 156 valence electrons. The molecule has 1 unspecified atom stereocenters. The van der Waals surface area contributed by atoms with Crippen molar-refractivity contribution in [2.24, 2.45) is 0 Å². The summed E-state index contributed by atoms with van der Waals surface area (Å²) in [6.07, 6.45) is 0. The molecular formula is C18H29ClN6O2S. The van der Waals surface area contributed by atoms with Crippen molar-refractivity contribution in [2.75, 3.05) is 49.9 Å². The lowest BCUT2D eigenvalue weighted by Gasteiger charge is -2.40. The average molecular weight is 429 g/mol. The number of aromatic nitrogens is 2. The molecule has 2 rings (SSSR count). The third-order valence-electron chi connectivity index (χ3n) is 4.64. The van der Waals surface area contributed by atoms with Gasteiger partial charge in [0.2, 0.25) is 5.91 Å². The number of hydrogen-bond donors (Lipinski definition) is 1. The Morgan fingerprint density at radius 1 is 1.29 bits per heavy atom. The Balaban J connectivity index is 2.03. The lowest BCUT2D eigenvalue weighted by Crippen LogP contribution is -2.56. The molecule has 0 aliphatic carbocycles. The van der Waals surface area contributed by atoms with Gasteiger partial charge in [0.05, 0.1) is 5.75 Å². The fraction of sp³-hybridized carbons (Fsp3) is 0.667. The molecule has 0 radical (unpaired) electrons. The molecule has 8 nitrogen and oxygen atoms in total. The number of halogens is 1. The van der Waals surface area contributed by atoms with Crippen LogP contribution in [0.1, 0.15) is 27.7 Å². The number of nitrogens with zero attached hydrogens (tertiary/aromatic N) is 5. The molecule has 3 amide bonds. The fourth-order valence-electron chi connectivity index (χ4n) is 3.13. The summed E-state index contributed by atoms with van der Waals surface area (Å²) in [6, 6.07) is 1.74. The third-order valence-corrected chi connectivity index (χ3v) is 5.67. The molecule has 10 heteroatoms. The minimum atomic E-state index is -0.0403. The van der Waals surface area contributed by atoms with Crippen molar-refractivity contribution in [3.05, 3.63) is 11.2 Å². The summed E-state index contributed by atoms with van der Waals surface area (Å²) in [5.74, 6) is 1.06. The summed E-state index contributed by atoms with van der Waals surface area (Å²) >= 11 is 7.49. The maximum Gasteiger partial charge on any atom is 0.317 e. The van der Waals surface area contributed by atoms with Gasteiger partial charge in [-0.25, -0.2) is 14.8 Å². The van der Waals surface area contributed by atoms with Crippen LogP contribution in [-0.2, 0) is 4.79 Å². The first kappa shape index (κ1) is 22.5. The number of hydrogen-bond acceptors (Lipinski definition) is 6. The molecule has 1 saturated heterocycles. The van der Waals surface area contributed by atoms with E-state index in [1.807, 2.05) is 32.6 Å². The molecule has 2 heterocycles. The Hall–Kier alpha value is -1.74. The largest absolute Gasteiger partial charge is 0.353 e. The maximum absolute atomic E-state index is 12.2. The molecule has 0 saturated carbocycles. The van der Waals surface area contributed by atoms with E-state index in [4.69, 9.17) is 11.6 Å². The van der Waals surface area contributed by atoms with E-state index in [1.54, 1.807) is 11.0 Å². The van der Waals surface area contributed by atoms with Gasteiger partial charge in [0.25, 0.3) is 0 Å². The Bertz CT molecular complexity index is 688. The van der Waals surface area contributed by atoms with Crippen LogP contribution >= 0.6 is 23.4 Å². The van der Waals surface area contributed by atoms with E-state index in [0.29, 0.717) is 49.6 Å². The Morgan fingerprint density at radius 2 is 2.00 bits per heavy atom. The van der Waals surface area contributed by atoms with Crippen LogP contribution in [-0.4, -0.2) is 82.8 Å². The molecular weight excluding hydrogens is 400 g/mol. The second kappa shape index (κ2) is 10.7. The van der Waals surface area contributed by atoms with Gasteiger partial charge in [0.1, 0.15) is 11.0 Å². The van der Waals surface area contributed by atoms with Crippen LogP contribution in [0.5, 0.6) is 0 Å². The van der Waals surface area contributed by atoms with Crippen molar-refractivity contribution in [1.29, 1.82) is 0 Å². The van der Waals surface area contributed by atoms with Crippen molar-refractivity contribution in [3.8, 4) is 0 Å². The topological polar surface area (TPSA) is 81.7 Å². The van der Waals surface area contributed by atoms with E-state index in [1.165, 1.54) is 11.8 Å². The summed E-state index contributed by atoms with van der Waals surface area (Å²) < 4.78 is 0. The van der Waals surface area contributed by atoms with Crippen molar-refractivity contribution >= 4 is 41.1 Å². The van der Waals surface area contributed by atoms with Gasteiger partial charge in [0.15, 0.2) is 5.16 Å². The predicted octanol–water partition coefficient (Wildman–Crippen LogP) is 2.33. The molecule has 0 bridgehead atoms. The molecule has 1 fully saturated rings. The summed E-state index contributed by atoms with van der Waals surface area (Å²) in [7, 11) is 0. The van der Waals surface area contributed by atoms with Crippen molar-refractivity contribution in [2.45, 2.75) is 38.9 Å². The quantitative estimate of drug-likeness (QED) is 0.407. The SMILES string of the molecule is CCNC(=O)N1CCN(c2cc(Cl)nc(SCC(=O)N(CC)CC)n2)CC1C. The minimum absolute atomic E-state index is 0.0403. The highest BCUT2D eigenvalue weighted by Crippen LogP contribution is 2.24. The van der Waals surface area contributed by atoms with Crippen LogP contribution in [0.25, 0.3) is 0 Å². The second-order valence-corrected chi connectivity index (χ2v) is 7.84. The number of rotatable bonds is 7. The number of urea groups is 1. The number of piperazine rings is 1. The number of amides is 3. The Labute approximate surface area is 176 Å². The first-order valence-electron chi connectivity index (χ1n) is 9.64. The highest BCUT2D eigenvalue weighted by atomic mass is 35.5. The minimum Gasteiger partial charge on any atom is -0.353 e. The number of anilines is 1. The number of thioether (sulfide) groups is 1. The molecule has 0 spiro atoms. The van der Waals surface area contributed by atoms with Gasteiger partial charge in [-0.15, -0.1) is 0 Å². The van der Waals surface area contributed by atoms with Gasteiger partial charge in [-0.05, 0) is 27.7 Å². The average Bonchev–Trinajstić information content (AvgIpc) is 2.67. The number of nitrogens with one attached hydrogen (secondary N) is 1. The van der Waals surface area contributed by atoms with E-state index in [-0.39, 0.29) is 23.7 Å². The fourth-order valence-corrected chi connectivity index (χ4v) is 4.11. The molecule has 1 aliphatic heterocycles. The van der Waals surface area contributed by atoms with E-state index in [2.05, 4.69) is 20.2 Å². The van der Waals surface area contributed by atoms with E-state index < -0.39 is 0 Å². The molecule has 1 aromatic rings. The van der Waals surface area contributed by atoms with Crippen LogP contribution in [0.2, 0.25) is 5.15 Å². The zero-order chi connectivity index (χ0) is 20.7. The number of carbonyl (C=O) groups excluding carboxylic acids is 2. The van der Waals surface area contributed by atoms with Gasteiger partial charge in [-0.1, -0.05) is 23.4 Å². The first-order valence-corrected chi connectivity index (χ1v) is 11.0. The van der Waals surface area contributed by atoms with Gasteiger partial charge >= 0.3 is 6.03 Å². The molecule has 0 aromatic carbocycles. The summed E-state index contributed by atoms with van der Waals surface area (Å²) in [5.41, 5.74) is 0. The summed E-state index contributed by atoms with van der Waals surface area (Å²) in [4.78, 5) is 38.9. The smallest absolute Gasteiger partial charge is 0.317 e. The van der Waals surface area contributed by atoms with Crippen LogP contribution < -0.4 is 10.2 Å². The van der Waals surface area contributed by atoms with Crippen molar-refractivity contribution < 1.29 is 9.59 Å². The van der Waals surface area contributed by atoms with Crippen molar-refractivity contribution in [1.82, 2.24) is 25.1 Å². The monoisotopic (exact) mass is 428 g/mol. The van der Waals surface area contributed by atoms with Crippen molar-refractivity contribution in [3.63, 3.8) is 0 Å².